The molecule has 2 N–H and O–H groups in total. The van der Waals surface area contributed by atoms with Crippen LogP contribution >= 0.6 is 0 Å². The number of rotatable bonds is 3. The summed E-state index contributed by atoms with van der Waals surface area (Å²) in [6.45, 7) is 4.86. The van der Waals surface area contributed by atoms with E-state index in [1.54, 1.807) is 7.11 Å². The average Bonchev–Trinajstić information content (AvgIpc) is 3.49. The molecule has 5 heteroatoms. The molecule has 2 aliphatic heterocycles. The molecule has 2 heterocycles. The summed E-state index contributed by atoms with van der Waals surface area (Å²) in [5.41, 5.74) is 15.8. The van der Waals surface area contributed by atoms with Gasteiger partial charge >= 0.3 is 0 Å². The van der Waals surface area contributed by atoms with Crippen molar-refractivity contribution in [2.45, 2.75) is 70.3 Å². The molecule has 2 fully saturated rings. The van der Waals surface area contributed by atoms with Gasteiger partial charge in [-0.1, -0.05) is 29.4 Å². The Kier molecular flexibility index (Phi) is 7.39. The highest BCUT2D eigenvalue weighted by atomic mass is 16.6. The van der Waals surface area contributed by atoms with Gasteiger partial charge in [0.25, 0.3) is 0 Å². The van der Waals surface area contributed by atoms with Crippen molar-refractivity contribution in [1.29, 1.82) is 0 Å². The van der Waals surface area contributed by atoms with E-state index in [1.165, 1.54) is 105 Å². The van der Waals surface area contributed by atoms with Gasteiger partial charge in [0.1, 0.15) is 7.11 Å². The highest BCUT2D eigenvalue weighted by molar-refractivity contribution is 6.05. The zero-order valence-corrected chi connectivity index (χ0v) is 20.8. The third-order valence-corrected chi connectivity index (χ3v) is 7.96. The SMILES string of the molecule is CON=C1CCc2c1cccc2N1CCCCC1.NC1CCc2c1cccc2N1CCCCC1. The standard InChI is InChI=1S/C15H20N2O.C14H20N2/c1-18-16-14-9-8-13-12(14)6-5-7-15(13)17-10-3-2-4-11-17;15-13-8-7-12-11(13)5-4-6-14(12)16-9-2-1-3-10-16/h5-7H,2-4,8-11H2,1H3;4-6,13H,1-3,7-10,15H2. The predicted molar refractivity (Wildman–Crippen MR) is 142 cm³/mol. The number of nitrogens with two attached hydrogens (primary N) is 1. The molecule has 0 saturated carbocycles. The van der Waals surface area contributed by atoms with E-state index < -0.39 is 0 Å². The lowest BCUT2D eigenvalue weighted by molar-refractivity contribution is 0.213. The van der Waals surface area contributed by atoms with Crippen LogP contribution in [0.5, 0.6) is 0 Å². The smallest absolute Gasteiger partial charge is 0.106 e. The fraction of sp³-hybridized carbons (Fsp3) is 0.552. The van der Waals surface area contributed by atoms with Crippen LogP contribution in [0.1, 0.15) is 79.7 Å². The highest BCUT2D eigenvalue weighted by Gasteiger charge is 2.25. The van der Waals surface area contributed by atoms with Crippen molar-refractivity contribution in [3.05, 3.63) is 58.7 Å². The van der Waals surface area contributed by atoms with Crippen molar-refractivity contribution in [1.82, 2.24) is 0 Å². The molecule has 2 aromatic rings. The summed E-state index contributed by atoms with van der Waals surface area (Å²) in [5, 5.41) is 4.15. The first-order valence-corrected chi connectivity index (χ1v) is 13.4. The number of benzene rings is 2. The summed E-state index contributed by atoms with van der Waals surface area (Å²) >= 11 is 0. The summed E-state index contributed by atoms with van der Waals surface area (Å²) in [6, 6.07) is 13.5. The molecule has 4 aliphatic rings. The van der Waals surface area contributed by atoms with Crippen LogP contribution in [-0.4, -0.2) is 39.0 Å². The maximum atomic E-state index is 6.13. The Morgan fingerprint density at radius 1 is 0.765 bits per heavy atom. The predicted octanol–water partition coefficient (Wildman–Crippen LogP) is 5.60. The van der Waals surface area contributed by atoms with Gasteiger partial charge in [-0.15, -0.1) is 0 Å². The lowest BCUT2D eigenvalue weighted by Gasteiger charge is -2.30. The molecule has 0 spiro atoms. The fourth-order valence-electron chi connectivity index (χ4n) is 6.22. The first-order chi connectivity index (χ1) is 16.8. The number of oxime groups is 1. The Morgan fingerprint density at radius 3 is 2.03 bits per heavy atom. The van der Waals surface area contributed by atoms with Gasteiger partial charge in [-0.05, 0) is 93.0 Å². The Hall–Kier alpha value is -2.53. The van der Waals surface area contributed by atoms with Crippen molar-refractivity contribution in [2.24, 2.45) is 10.9 Å². The van der Waals surface area contributed by atoms with E-state index in [0.29, 0.717) is 0 Å². The van der Waals surface area contributed by atoms with Gasteiger partial charge in [-0.2, -0.15) is 0 Å². The maximum absolute atomic E-state index is 6.13. The van der Waals surface area contributed by atoms with Gasteiger partial charge in [0.2, 0.25) is 0 Å². The van der Waals surface area contributed by atoms with Crippen molar-refractivity contribution >= 4 is 17.1 Å². The monoisotopic (exact) mass is 460 g/mol. The first kappa shape index (κ1) is 23.2. The molecule has 0 amide bonds. The van der Waals surface area contributed by atoms with Crippen LogP contribution in [0, 0.1) is 0 Å². The van der Waals surface area contributed by atoms with Gasteiger partial charge in [0.05, 0.1) is 5.71 Å². The summed E-state index contributed by atoms with van der Waals surface area (Å²) in [6.07, 6.45) is 12.5. The quantitative estimate of drug-likeness (QED) is 0.606. The third-order valence-electron chi connectivity index (χ3n) is 7.96. The minimum Gasteiger partial charge on any atom is -0.399 e. The Morgan fingerprint density at radius 2 is 1.38 bits per heavy atom. The number of hydrogen-bond acceptors (Lipinski definition) is 5. The molecule has 0 radical (unpaired) electrons. The number of hydrogen-bond donors (Lipinski definition) is 1. The Balaban J connectivity index is 0.000000142. The van der Waals surface area contributed by atoms with Crippen molar-refractivity contribution in [3.63, 3.8) is 0 Å². The second-order valence-corrected chi connectivity index (χ2v) is 10.1. The average molecular weight is 461 g/mol. The van der Waals surface area contributed by atoms with Crippen LogP contribution < -0.4 is 15.5 Å². The van der Waals surface area contributed by atoms with E-state index in [0.717, 1.165) is 25.0 Å². The molecule has 2 saturated heterocycles. The molecule has 1 atom stereocenters. The fourth-order valence-corrected chi connectivity index (χ4v) is 6.22. The Bertz CT molecular complexity index is 1010. The lowest BCUT2D eigenvalue weighted by Crippen LogP contribution is -2.30. The number of nitrogens with zero attached hydrogens (tertiary/aromatic N) is 3. The maximum Gasteiger partial charge on any atom is 0.106 e. The van der Waals surface area contributed by atoms with Gasteiger partial charge in [0.15, 0.2) is 0 Å². The van der Waals surface area contributed by atoms with Crippen LogP contribution in [0.15, 0.2) is 41.6 Å². The molecule has 34 heavy (non-hydrogen) atoms. The summed E-state index contributed by atoms with van der Waals surface area (Å²) in [4.78, 5) is 10.0. The topological polar surface area (TPSA) is 54.1 Å². The number of anilines is 2. The van der Waals surface area contributed by atoms with Crippen LogP contribution in [0.4, 0.5) is 11.4 Å². The van der Waals surface area contributed by atoms with Crippen LogP contribution in [0.3, 0.4) is 0 Å². The van der Waals surface area contributed by atoms with Gasteiger partial charge in [-0.25, -0.2) is 0 Å². The van der Waals surface area contributed by atoms with Gasteiger partial charge < -0.3 is 20.4 Å². The normalized spacial score (nSPS) is 22.8. The Labute approximate surface area is 204 Å². The molecule has 0 bridgehead atoms. The molecule has 1 unspecified atom stereocenters. The summed E-state index contributed by atoms with van der Waals surface area (Å²) < 4.78 is 0. The van der Waals surface area contributed by atoms with E-state index in [4.69, 9.17) is 10.6 Å². The molecule has 182 valence electrons. The van der Waals surface area contributed by atoms with Crippen LogP contribution in [0.2, 0.25) is 0 Å². The molecule has 0 aromatic heterocycles. The van der Waals surface area contributed by atoms with E-state index in [1.807, 2.05) is 0 Å². The largest absolute Gasteiger partial charge is 0.399 e. The summed E-state index contributed by atoms with van der Waals surface area (Å²) in [5.74, 6) is 0. The van der Waals surface area contributed by atoms with Crippen LogP contribution in [0.25, 0.3) is 0 Å². The zero-order chi connectivity index (χ0) is 23.3. The van der Waals surface area contributed by atoms with E-state index >= 15 is 0 Å². The van der Waals surface area contributed by atoms with Crippen molar-refractivity contribution in [3.8, 4) is 0 Å². The van der Waals surface area contributed by atoms with Crippen LogP contribution in [-0.2, 0) is 17.7 Å². The molecule has 5 nitrogen and oxygen atoms in total. The molecular formula is C29H40N4O. The molecular weight excluding hydrogens is 420 g/mol. The van der Waals surface area contributed by atoms with Gasteiger partial charge in [-0.3, -0.25) is 0 Å². The number of fused-ring (bicyclic) bond motifs is 2. The lowest BCUT2D eigenvalue weighted by atomic mass is 10.0. The first-order valence-electron chi connectivity index (χ1n) is 13.4. The molecule has 2 aliphatic carbocycles. The van der Waals surface area contributed by atoms with Gasteiger partial charge in [0, 0.05) is 49.2 Å². The van der Waals surface area contributed by atoms with E-state index in [2.05, 4.69) is 51.4 Å². The highest BCUT2D eigenvalue weighted by Crippen LogP contribution is 2.37. The number of piperidine rings is 2. The minimum atomic E-state index is 0.278. The molecule has 2 aromatic carbocycles. The third kappa shape index (κ3) is 4.81. The second kappa shape index (κ2) is 10.8. The van der Waals surface area contributed by atoms with Crippen molar-refractivity contribution < 1.29 is 4.84 Å². The van der Waals surface area contributed by atoms with E-state index in [-0.39, 0.29) is 6.04 Å². The minimum absolute atomic E-state index is 0.278. The molecule has 6 rings (SSSR count). The van der Waals surface area contributed by atoms with Crippen molar-refractivity contribution in [2.75, 3.05) is 43.1 Å². The van der Waals surface area contributed by atoms with E-state index in [9.17, 15) is 0 Å². The second-order valence-electron chi connectivity index (χ2n) is 10.1. The summed E-state index contributed by atoms with van der Waals surface area (Å²) in [7, 11) is 1.62. The zero-order valence-electron chi connectivity index (χ0n) is 20.8.